The smallest absolute Gasteiger partial charge is 0.416 e. The number of hydrogen-bond donors (Lipinski definition) is 1. The molecule has 0 aromatic heterocycles. The molecule has 140 valence electrons. The summed E-state index contributed by atoms with van der Waals surface area (Å²) in [6.07, 6.45) is -5.20. The van der Waals surface area contributed by atoms with Crippen LogP contribution in [-0.4, -0.2) is 12.0 Å². The molecule has 1 N–H and O–H groups in total. The Bertz CT molecular complexity index is 768. The molecule has 0 saturated carbocycles. The summed E-state index contributed by atoms with van der Waals surface area (Å²) >= 11 is 0. The van der Waals surface area contributed by atoms with Crippen molar-refractivity contribution in [1.29, 1.82) is 0 Å². The molecular formula is C20H22F3NO2. The van der Waals surface area contributed by atoms with Crippen molar-refractivity contribution >= 4 is 11.6 Å². The first-order valence-electron chi connectivity index (χ1n) is 8.33. The molecule has 6 heteroatoms. The quantitative estimate of drug-likeness (QED) is 0.755. The van der Waals surface area contributed by atoms with Crippen LogP contribution in [0.2, 0.25) is 0 Å². The average Bonchev–Trinajstić information content (AvgIpc) is 2.54. The van der Waals surface area contributed by atoms with Crippen molar-refractivity contribution in [3.05, 3.63) is 59.2 Å². The van der Waals surface area contributed by atoms with Crippen LogP contribution >= 0.6 is 0 Å². The van der Waals surface area contributed by atoms with Gasteiger partial charge in [-0.05, 0) is 61.2 Å². The van der Waals surface area contributed by atoms with Gasteiger partial charge in [-0.1, -0.05) is 26.0 Å². The SMILES string of the molecule is Cc1ccc(C(C)C)c(O[C@H](C)C(=O)Nc2ccc(C(F)(F)F)cc2)c1. The lowest BCUT2D eigenvalue weighted by Gasteiger charge is -2.19. The number of benzene rings is 2. The number of halogens is 3. The molecular weight excluding hydrogens is 343 g/mol. The summed E-state index contributed by atoms with van der Waals surface area (Å²) in [7, 11) is 0. The molecule has 0 aliphatic rings. The normalized spacial score (nSPS) is 12.8. The summed E-state index contributed by atoms with van der Waals surface area (Å²) in [6, 6.07) is 10.1. The van der Waals surface area contributed by atoms with E-state index in [1.165, 1.54) is 12.1 Å². The van der Waals surface area contributed by atoms with E-state index >= 15 is 0 Å². The second kappa shape index (κ2) is 7.81. The number of hydrogen-bond acceptors (Lipinski definition) is 2. The number of anilines is 1. The zero-order valence-electron chi connectivity index (χ0n) is 15.1. The number of carbonyl (C=O) groups excluding carboxylic acids is 1. The van der Waals surface area contributed by atoms with Crippen LogP contribution < -0.4 is 10.1 Å². The van der Waals surface area contributed by atoms with Crippen LogP contribution in [0.5, 0.6) is 5.75 Å². The van der Waals surface area contributed by atoms with Crippen LogP contribution in [-0.2, 0) is 11.0 Å². The molecule has 0 bridgehead atoms. The minimum atomic E-state index is -4.41. The molecule has 0 aliphatic carbocycles. The van der Waals surface area contributed by atoms with Crippen molar-refractivity contribution in [2.45, 2.75) is 45.9 Å². The second-order valence-electron chi connectivity index (χ2n) is 6.52. The number of nitrogens with one attached hydrogen (secondary N) is 1. The van der Waals surface area contributed by atoms with Crippen molar-refractivity contribution in [3.63, 3.8) is 0 Å². The maximum Gasteiger partial charge on any atom is 0.416 e. The van der Waals surface area contributed by atoms with Gasteiger partial charge in [0.2, 0.25) is 0 Å². The van der Waals surface area contributed by atoms with Gasteiger partial charge in [-0.15, -0.1) is 0 Å². The van der Waals surface area contributed by atoms with Gasteiger partial charge in [0.25, 0.3) is 5.91 Å². The van der Waals surface area contributed by atoms with Gasteiger partial charge in [0, 0.05) is 5.69 Å². The van der Waals surface area contributed by atoms with E-state index in [0.717, 1.165) is 23.3 Å². The molecule has 2 rings (SSSR count). The zero-order valence-corrected chi connectivity index (χ0v) is 15.1. The molecule has 0 aliphatic heterocycles. The van der Waals surface area contributed by atoms with E-state index in [1.807, 2.05) is 39.0 Å². The van der Waals surface area contributed by atoms with E-state index in [2.05, 4.69) is 5.32 Å². The summed E-state index contributed by atoms with van der Waals surface area (Å²) < 4.78 is 43.6. The molecule has 1 amide bonds. The van der Waals surface area contributed by atoms with E-state index in [-0.39, 0.29) is 11.6 Å². The lowest BCUT2D eigenvalue weighted by atomic mass is 10.0. The lowest BCUT2D eigenvalue weighted by Crippen LogP contribution is -2.30. The van der Waals surface area contributed by atoms with Gasteiger partial charge in [-0.2, -0.15) is 13.2 Å². The van der Waals surface area contributed by atoms with Crippen molar-refractivity contribution in [2.24, 2.45) is 0 Å². The summed E-state index contributed by atoms with van der Waals surface area (Å²) in [6.45, 7) is 7.60. The number of amides is 1. The van der Waals surface area contributed by atoms with Crippen LogP contribution in [0.4, 0.5) is 18.9 Å². The predicted molar refractivity (Wildman–Crippen MR) is 95.4 cm³/mol. The summed E-state index contributed by atoms with van der Waals surface area (Å²) in [4.78, 5) is 12.3. The van der Waals surface area contributed by atoms with Crippen molar-refractivity contribution in [3.8, 4) is 5.75 Å². The Balaban J connectivity index is 2.08. The van der Waals surface area contributed by atoms with Gasteiger partial charge in [-0.3, -0.25) is 4.79 Å². The Morgan fingerprint density at radius 2 is 1.65 bits per heavy atom. The molecule has 0 spiro atoms. The number of carbonyl (C=O) groups is 1. The minimum Gasteiger partial charge on any atom is -0.481 e. The van der Waals surface area contributed by atoms with Crippen LogP contribution in [0.25, 0.3) is 0 Å². The highest BCUT2D eigenvalue weighted by molar-refractivity contribution is 5.94. The van der Waals surface area contributed by atoms with Crippen molar-refractivity contribution in [2.75, 3.05) is 5.32 Å². The fraction of sp³-hybridized carbons (Fsp3) is 0.350. The fourth-order valence-electron chi connectivity index (χ4n) is 2.45. The Morgan fingerprint density at radius 3 is 2.19 bits per heavy atom. The molecule has 0 saturated heterocycles. The molecule has 0 radical (unpaired) electrons. The third-order valence-electron chi connectivity index (χ3n) is 3.94. The van der Waals surface area contributed by atoms with Gasteiger partial charge in [0.15, 0.2) is 6.10 Å². The maximum atomic E-state index is 12.6. The highest BCUT2D eigenvalue weighted by atomic mass is 19.4. The van der Waals surface area contributed by atoms with Gasteiger partial charge >= 0.3 is 6.18 Å². The van der Waals surface area contributed by atoms with Gasteiger partial charge < -0.3 is 10.1 Å². The highest BCUT2D eigenvalue weighted by Crippen LogP contribution is 2.30. The lowest BCUT2D eigenvalue weighted by molar-refractivity contribution is -0.137. The predicted octanol–water partition coefficient (Wildman–Crippen LogP) is 5.54. The first kappa shape index (κ1) is 19.8. The van der Waals surface area contributed by atoms with E-state index in [9.17, 15) is 18.0 Å². The largest absolute Gasteiger partial charge is 0.481 e. The Hall–Kier alpha value is -2.50. The Morgan fingerprint density at radius 1 is 1.04 bits per heavy atom. The van der Waals surface area contributed by atoms with E-state index in [4.69, 9.17) is 4.74 Å². The summed E-state index contributed by atoms with van der Waals surface area (Å²) in [5, 5.41) is 2.57. The molecule has 3 nitrogen and oxygen atoms in total. The summed E-state index contributed by atoms with van der Waals surface area (Å²) in [5.74, 6) is 0.437. The van der Waals surface area contributed by atoms with Crippen molar-refractivity contribution < 1.29 is 22.7 Å². The van der Waals surface area contributed by atoms with Gasteiger partial charge in [0.1, 0.15) is 5.75 Å². The third-order valence-corrected chi connectivity index (χ3v) is 3.94. The standard InChI is InChI=1S/C20H22F3NO2/c1-12(2)17-10-5-13(3)11-18(17)26-14(4)19(25)24-16-8-6-15(7-9-16)20(21,22)23/h5-12,14H,1-4H3,(H,24,25)/t14-/m1/s1. The molecule has 0 heterocycles. The molecule has 26 heavy (non-hydrogen) atoms. The number of rotatable bonds is 5. The highest BCUT2D eigenvalue weighted by Gasteiger charge is 2.30. The Kier molecular flexibility index (Phi) is 5.95. The molecule has 0 unspecified atom stereocenters. The third kappa shape index (κ3) is 5.00. The average molecular weight is 365 g/mol. The minimum absolute atomic E-state index is 0.232. The molecule has 2 aromatic rings. The van der Waals surface area contributed by atoms with Crippen LogP contribution in [0.1, 0.15) is 43.4 Å². The molecule has 0 fully saturated rings. The van der Waals surface area contributed by atoms with E-state index < -0.39 is 23.8 Å². The topological polar surface area (TPSA) is 38.3 Å². The first-order valence-corrected chi connectivity index (χ1v) is 8.33. The Labute approximate surface area is 151 Å². The van der Waals surface area contributed by atoms with E-state index in [1.54, 1.807) is 6.92 Å². The van der Waals surface area contributed by atoms with Crippen LogP contribution in [0.15, 0.2) is 42.5 Å². The first-order chi connectivity index (χ1) is 12.1. The van der Waals surface area contributed by atoms with E-state index in [0.29, 0.717) is 5.75 Å². The van der Waals surface area contributed by atoms with Crippen LogP contribution in [0.3, 0.4) is 0 Å². The number of alkyl halides is 3. The molecule has 1 atom stereocenters. The number of ether oxygens (including phenoxy) is 1. The number of aryl methyl sites for hydroxylation is 1. The van der Waals surface area contributed by atoms with Gasteiger partial charge in [-0.25, -0.2) is 0 Å². The maximum absolute atomic E-state index is 12.6. The fourth-order valence-corrected chi connectivity index (χ4v) is 2.45. The van der Waals surface area contributed by atoms with Crippen molar-refractivity contribution in [1.82, 2.24) is 0 Å². The zero-order chi connectivity index (χ0) is 19.5. The molecule has 2 aromatic carbocycles. The monoisotopic (exact) mass is 365 g/mol. The van der Waals surface area contributed by atoms with Crippen LogP contribution in [0, 0.1) is 6.92 Å². The summed E-state index contributed by atoms with van der Waals surface area (Å²) in [5.41, 5.74) is 1.53. The van der Waals surface area contributed by atoms with Gasteiger partial charge in [0.05, 0.1) is 5.56 Å². The second-order valence-corrected chi connectivity index (χ2v) is 6.52.